The zero-order valence-electron chi connectivity index (χ0n) is 12.8. The molecule has 0 aromatic carbocycles. The third-order valence-electron chi connectivity index (χ3n) is 5.42. The summed E-state index contributed by atoms with van der Waals surface area (Å²) in [6.07, 6.45) is 6.14. The summed E-state index contributed by atoms with van der Waals surface area (Å²) in [4.78, 5) is 14.6. The van der Waals surface area contributed by atoms with E-state index in [1.807, 2.05) is 18.7 Å². The summed E-state index contributed by atoms with van der Waals surface area (Å²) in [7, 11) is 0. The summed E-state index contributed by atoms with van der Waals surface area (Å²) in [6, 6.07) is 0. The molecular formula is C16H28N2O2. The van der Waals surface area contributed by atoms with Crippen molar-refractivity contribution in [1.29, 1.82) is 0 Å². The van der Waals surface area contributed by atoms with Gasteiger partial charge < -0.3 is 15.4 Å². The maximum Gasteiger partial charge on any atom is 0.223 e. The van der Waals surface area contributed by atoms with Crippen molar-refractivity contribution in [3.8, 4) is 0 Å². The Labute approximate surface area is 122 Å². The second kappa shape index (κ2) is 5.30. The molecule has 4 atom stereocenters. The van der Waals surface area contributed by atoms with E-state index in [0.717, 1.165) is 18.3 Å². The van der Waals surface area contributed by atoms with Gasteiger partial charge in [0.15, 0.2) is 0 Å². The Morgan fingerprint density at radius 3 is 2.75 bits per heavy atom. The third kappa shape index (κ3) is 2.86. The van der Waals surface area contributed by atoms with E-state index in [9.17, 15) is 4.79 Å². The fourth-order valence-electron chi connectivity index (χ4n) is 4.59. The number of hydrogen-bond donors (Lipinski definition) is 1. The molecule has 4 unspecified atom stereocenters. The summed E-state index contributed by atoms with van der Waals surface area (Å²) in [5.41, 5.74) is 5.47. The molecule has 4 nitrogen and oxygen atoms in total. The predicted molar refractivity (Wildman–Crippen MR) is 78.1 cm³/mol. The van der Waals surface area contributed by atoms with Crippen LogP contribution in [0.15, 0.2) is 0 Å². The van der Waals surface area contributed by atoms with Crippen molar-refractivity contribution < 1.29 is 9.53 Å². The van der Waals surface area contributed by atoms with Crippen molar-refractivity contribution >= 4 is 5.91 Å². The number of hydrogen-bond acceptors (Lipinski definition) is 3. The van der Waals surface area contributed by atoms with Gasteiger partial charge in [0.2, 0.25) is 5.91 Å². The smallest absolute Gasteiger partial charge is 0.223 e. The Kier molecular flexibility index (Phi) is 3.80. The molecule has 3 aliphatic rings. The van der Waals surface area contributed by atoms with E-state index in [1.165, 1.54) is 25.7 Å². The standard InChI is InChI=1S/C16H28N2O2/c1-16(2)10-18(9-14(8-17)20-16)15(19)7-13-6-11-3-4-12(13)5-11/h11-14H,3-10,17H2,1-2H3. The van der Waals surface area contributed by atoms with Crippen LogP contribution in [0.25, 0.3) is 0 Å². The molecular weight excluding hydrogens is 252 g/mol. The number of carbonyl (C=O) groups excluding carboxylic acids is 1. The van der Waals surface area contributed by atoms with Crippen LogP contribution in [0.2, 0.25) is 0 Å². The predicted octanol–water partition coefficient (Wildman–Crippen LogP) is 1.78. The highest BCUT2D eigenvalue weighted by molar-refractivity contribution is 5.76. The molecule has 1 aliphatic heterocycles. The van der Waals surface area contributed by atoms with E-state index in [2.05, 4.69) is 0 Å². The van der Waals surface area contributed by atoms with Crippen LogP contribution in [-0.2, 0) is 9.53 Å². The Morgan fingerprint density at radius 1 is 1.35 bits per heavy atom. The molecule has 0 aromatic rings. The minimum absolute atomic E-state index is 0.0114. The number of morpholine rings is 1. The summed E-state index contributed by atoms with van der Waals surface area (Å²) in [5, 5.41) is 0. The van der Waals surface area contributed by atoms with Gasteiger partial charge in [-0.3, -0.25) is 4.79 Å². The summed E-state index contributed by atoms with van der Waals surface area (Å²) < 4.78 is 5.90. The van der Waals surface area contributed by atoms with E-state index >= 15 is 0 Å². The van der Waals surface area contributed by atoms with Crippen molar-refractivity contribution in [2.45, 2.75) is 57.7 Å². The molecule has 1 saturated heterocycles. The number of nitrogens with two attached hydrogens (primary N) is 1. The lowest BCUT2D eigenvalue weighted by molar-refractivity contribution is -0.160. The van der Waals surface area contributed by atoms with Crippen LogP contribution < -0.4 is 5.73 Å². The Hall–Kier alpha value is -0.610. The largest absolute Gasteiger partial charge is 0.367 e. The van der Waals surface area contributed by atoms with Crippen LogP contribution >= 0.6 is 0 Å². The van der Waals surface area contributed by atoms with Crippen LogP contribution in [0.3, 0.4) is 0 Å². The lowest BCUT2D eigenvalue weighted by Gasteiger charge is -2.43. The highest BCUT2D eigenvalue weighted by Crippen LogP contribution is 2.49. The van der Waals surface area contributed by atoms with Crippen molar-refractivity contribution in [1.82, 2.24) is 4.90 Å². The number of carbonyl (C=O) groups is 1. The van der Waals surface area contributed by atoms with E-state index in [4.69, 9.17) is 10.5 Å². The van der Waals surface area contributed by atoms with Gasteiger partial charge in [-0.15, -0.1) is 0 Å². The second-order valence-electron chi connectivity index (χ2n) is 7.65. The SMILES string of the molecule is CC1(C)CN(C(=O)CC2CC3CCC2C3)CC(CN)O1. The molecule has 0 aromatic heterocycles. The van der Waals surface area contributed by atoms with Gasteiger partial charge in [-0.1, -0.05) is 6.42 Å². The maximum atomic E-state index is 12.6. The van der Waals surface area contributed by atoms with Crippen molar-refractivity contribution in [3.05, 3.63) is 0 Å². The number of fused-ring (bicyclic) bond motifs is 2. The zero-order chi connectivity index (χ0) is 14.3. The van der Waals surface area contributed by atoms with E-state index in [0.29, 0.717) is 31.5 Å². The summed E-state index contributed by atoms with van der Waals surface area (Å²) in [6.45, 7) is 5.95. The topological polar surface area (TPSA) is 55.6 Å². The van der Waals surface area contributed by atoms with Crippen LogP contribution in [0.1, 0.15) is 46.0 Å². The summed E-state index contributed by atoms with van der Waals surface area (Å²) >= 11 is 0. The maximum absolute atomic E-state index is 12.6. The molecule has 20 heavy (non-hydrogen) atoms. The average Bonchev–Trinajstić information content (AvgIpc) is 2.99. The first-order chi connectivity index (χ1) is 9.47. The first-order valence-corrected chi connectivity index (χ1v) is 8.12. The lowest BCUT2D eigenvalue weighted by Crippen LogP contribution is -2.56. The van der Waals surface area contributed by atoms with Crippen molar-refractivity contribution in [2.24, 2.45) is 23.5 Å². The minimum Gasteiger partial charge on any atom is -0.367 e. The van der Waals surface area contributed by atoms with Crippen LogP contribution in [-0.4, -0.2) is 42.1 Å². The Morgan fingerprint density at radius 2 is 2.15 bits per heavy atom. The fraction of sp³-hybridized carbons (Fsp3) is 0.938. The highest BCUT2D eigenvalue weighted by Gasteiger charge is 2.42. The van der Waals surface area contributed by atoms with Gasteiger partial charge in [0.25, 0.3) is 0 Å². The van der Waals surface area contributed by atoms with E-state index < -0.39 is 0 Å². The van der Waals surface area contributed by atoms with Gasteiger partial charge in [0, 0.05) is 26.1 Å². The van der Waals surface area contributed by atoms with Gasteiger partial charge in [-0.2, -0.15) is 0 Å². The van der Waals surface area contributed by atoms with Crippen molar-refractivity contribution in [3.63, 3.8) is 0 Å². The Bertz CT molecular complexity index is 383. The molecule has 3 fully saturated rings. The fourth-order valence-corrected chi connectivity index (χ4v) is 4.59. The van der Waals surface area contributed by atoms with Crippen LogP contribution in [0.5, 0.6) is 0 Å². The Balaban J connectivity index is 1.59. The first-order valence-electron chi connectivity index (χ1n) is 8.12. The third-order valence-corrected chi connectivity index (χ3v) is 5.42. The second-order valence-corrected chi connectivity index (χ2v) is 7.65. The zero-order valence-corrected chi connectivity index (χ0v) is 12.8. The normalized spacial score (nSPS) is 39.2. The van der Waals surface area contributed by atoms with Crippen LogP contribution in [0, 0.1) is 17.8 Å². The molecule has 2 saturated carbocycles. The molecule has 0 radical (unpaired) electrons. The molecule has 1 heterocycles. The monoisotopic (exact) mass is 280 g/mol. The number of amides is 1. The molecule has 0 spiro atoms. The lowest BCUT2D eigenvalue weighted by atomic mass is 9.86. The quantitative estimate of drug-likeness (QED) is 0.857. The number of ether oxygens (including phenoxy) is 1. The van der Waals surface area contributed by atoms with Gasteiger partial charge >= 0.3 is 0 Å². The number of nitrogens with zero attached hydrogens (tertiary/aromatic N) is 1. The molecule has 2 N–H and O–H groups in total. The van der Waals surface area contributed by atoms with Crippen molar-refractivity contribution in [2.75, 3.05) is 19.6 Å². The highest BCUT2D eigenvalue weighted by atomic mass is 16.5. The van der Waals surface area contributed by atoms with Gasteiger partial charge in [0.05, 0.1) is 11.7 Å². The van der Waals surface area contributed by atoms with E-state index in [-0.39, 0.29) is 11.7 Å². The van der Waals surface area contributed by atoms with Gasteiger partial charge in [-0.05, 0) is 50.9 Å². The molecule has 2 aliphatic carbocycles. The molecule has 114 valence electrons. The van der Waals surface area contributed by atoms with Gasteiger partial charge in [-0.25, -0.2) is 0 Å². The van der Waals surface area contributed by atoms with E-state index in [1.54, 1.807) is 0 Å². The molecule has 1 amide bonds. The molecule has 4 heteroatoms. The average molecular weight is 280 g/mol. The minimum atomic E-state index is -0.271. The summed E-state index contributed by atoms with van der Waals surface area (Å²) in [5.74, 6) is 2.69. The number of rotatable bonds is 3. The van der Waals surface area contributed by atoms with Gasteiger partial charge in [0.1, 0.15) is 0 Å². The first kappa shape index (κ1) is 14.3. The molecule has 2 bridgehead atoms. The molecule has 3 rings (SSSR count). The van der Waals surface area contributed by atoms with Crippen LogP contribution in [0.4, 0.5) is 0 Å².